The van der Waals surface area contributed by atoms with Crippen molar-refractivity contribution >= 4 is 11.9 Å². The maximum Gasteiger partial charge on any atom is 0.328 e. The minimum Gasteiger partial charge on any atom is -0.478 e. The van der Waals surface area contributed by atoms with E-state index in [1.54, 1.807) is 0 Å². The Balaban J connectivity index is 0.000000414. The van der Waals surface area contributed by atoms with Gasteiger partial charge in [0.2, 0.25) is 0 Å². The summed E-state index contributed by atoms with van der Waals surface area (Å²) in [6, 6.07) is 22.6. The Labute approximate surface area is 197 Å². The van der Waals surface area contributed by atoms with Gasteiger partial charge in [-0.2, -0.15) is 0 Å². The van der Waals surface area contributed by atoms with Gasteiger partial charge in [-0.05, 0) is 55.6 Å². The third-order valence-corrected chi connectivity index (χ3v) is 6.21. The van der Waals surface area contributed by atoms with Crippen LogP contribution >= 0.6 is 0 Å². The predicted octanol–water partition coefficient (Wildman–Crippen LogP) is 5.67. The lowest BCUT2D eigenvalue weighted by molar-refractivity contribution is -0.134. The summed E-state index contributed by atoms with van der Waals surface area (Å²) in [4.78, 5) is 19.1. The number of carbonyl (C=O) groups is 2. The summed E-state index contributed by atoms with van der Waals surface area (Å²) < 4.78 is 0. The Morgan fingerprint density at radius 3 is 2.00 bits per heavy atom. The Kier molecular flexibility index (Phi) is 12.0. The number of hydrogen-bond donors (Lipinski definition) is 3. The second-order valence-corrected chi connectivity index (χ2v) is 8.76. The molecule has 1 aliphatic rings. The van der Waals surface area contributed by atoms with Gasteiger partial charge in [0.25, 0.3) is 0 Å². The third kappa shape index (κ3) is 11.0. The molecule has 0 aromatic heterocycles. The molecule has 0 amide bonds. The van der Waals surface area contributed by atoms with Crippen molar-refractivity contribution < 1.29 is 19.8 Å². The minimum absolute atomic E-state index is 0.558. The van der Waals surface area contributed by atoms with E-state index >= 15 is 0 Å². The number of benzene rings is 2. The Morgan fingerprint density at radius 1 is 0.909 bits per heavy atom. The van der Waals surface area contributed by atoms with E-state index in [4.69, 9.17) is 10.2 Å². The van der Waals surface area contributed by atoms with Crippen LogP contribution in [0.15, 0.2) is 72.8 Å². The van der Waals surface area contributed by atoms with E-state index in [0.29, 0.717) is 24.1 Å². The SMILES string of the molecule is CC(CCc1ccccc1)NCC(c1ccccc1)C1CCCCC1.O=C(O)/C=C\C(=O)O. The summed E-state index contributed by atoms with van der Waals surface area (Å²) in [5.41, 5.74) is 2.97. The average Bonchev–Trinajstić information content (AvgIpc) is 2.84. The maximum atomic E-state index is 9.55. The predicted molar refractivity (Wildman–Crippen MR) is 132 cm³/mol. The molecule has 2 aromatic carbocycles. The number of aryl methyl sites for hydroxylation is 1. The molecule has 0 bridgehead atoms. The van der Waals surface area contributed by atoms with E-state index < -0.39 is 11.9 Å². The highest BCUT2D eigenvalue weighted by atomic mass is 16.4. The van der Waals surface area contributed by atoms with Crippen molar-refractivity contribution in [2.24, 2.45) is 5.92 Å². The first kappa shape index (κ1) is 26.3. The van der Waals surface area contributed by atoms with Crippen molar-refractivity contribution in [1.82, 2.24) is 5.32 Å². The van der Waals surface area contributed by atoms with Crippen LogP contribution in [0, 0.1) is 5.92 Å². The molecule has 5 heteroatoms. The van der Waals surface area contributed by atoms with E-state index in [2.05, 4.69) is 72.9 Å². The van der Waals surface area contributed by atoms with Crippen LogP contribution in [0.4, 0.5) is 0 Å². The number of rotatable bonds is 10. The first-order chi connectivity index (χ1) is 16.0. The van der Waals surface area contributed by atoms with Crippen LogP contribution in [0.5, 0.6) is 0 Å². The molecule has 1 saturated carbocycles. The summed E-state index contributed by atoms with van der Waals surface area (Å²) in [5.74, 6) is -0.995. The van der Waals surface area contributed by atoms with Gasteiger partial charge in [0.05, 0.1) is 0 Å². The normalized spacial score (nSPS) is 15.9. The monoisotopic (exact) mass is 451 g/mol. The molecule has 0 spiro atoms. The van der Waals surface area contributed by atoms with Crippen molar-refractivity contribution in [3.8, 4) is 0 Å². The largest absolute Gasteiger partial charge is 0.478 e. The zero-order valence-corrected chi connectivity index (χ0v) is 19.5. The number of hydrogen-bond acceptors (Lipinski definition) is 3. The number of aliphatic carboxylic acids is 2. The molecular weight excluding hydrogens is 414 g/mol. The first-order valence-corrected chi connectivity index (χ1v) is 11.9. The van der Waals surface area contributed by atoms with Gasteiger partial charge >= 0.3 is 11.9 Å². The third-order valence-electron chi connectivity index (χ3n) is 6.21. The molecule has 0 saturated heterocycles. The Hall–Kier alpha value is -2.92. The van der Waals surface area contributed by atoms with E-state index in [9.17, 15) is 9.59 Å². The molecule has 2 aromatic rings. The van der Waals surface area contributed by atoms with E-state index in [0.717, 1.165) is 18.9 Å². The molecule has 3 N–H and O–H groups in total. The molecule has 1 fully saturated rings. The minimum atomic E-state index is -1.26. The zero-order valence-electron chi connectivity index (χ0n) is 19.5. The van der Waals surface area contributed by atoms with Crippen molar-refractivity contribution in [3.05, 3.63) is 83.9 Å². The lowest BCUT2D eigenvalue weighted by atomic mass is 9.76. The van der Waals surface area contributed by atoms with E-state index in [1.807, 2.05) is 0 Å². The maximum absolute atomic E-state index is 9.55. The van der Waals surface area contributed by atoms with Gasteiger partial charge < -0.3 is 15.5 Å². The summed E-state index contributed by atoms with van der Waals surface area (Å²) in [7, 11) is 0. The highest BCUT2D eigenvalue weighted by Crippen LogP contribution is 2.35. The Morgan fingerprint density at radius 2 is 1.45 bits per heavy atom. The fourth-order valence-corrected chi connectivity index (χ4v) is 4.39. The molecule has 0 radical (unpaired) electrons. The quantitative estimate of drug-likeness (QED) is 0.405. The molecule has 33 heavy (non-hydrogen) atoms. The van der Waals surface area contributed by atoms with Gasteiger partial charge in [0, 0.05) is 24.7 Å². The van der Waals surface area contributed by atoms with Gasteiger partial charge in [-0.25, -0.2) is 9.59 Å². The van der Waals surface area contributed by atoms with Crippen LogP contribution in [0.25, 0.3) is 0 Å². The van der Waals surface area contributed by atoms with Crippen LogP contribution in [-0.2, 0) is 16.0 Å². The second-order valence-electron chi connectivity index (χ2n) is 8.76. The summed E-state index contributed by atoms with van der Waals surface area (Å²) in [6.45, 7) is 3.45. The smallest absolute Gasteiger partial charge is 0.328 e. The van der Waals surface area contributed by atoms with Gasteiger partial charge in [-0.3, -0.25) is 0 Å². The van der Waals surface area contributed by atoms with Crippen molar-refractivity contribution in [2.75, 3.05) is 6.54 Å². The van der Waals surface area contributed by atoms with Crippen molar-refractivity contribution in [2.45, 2.75) is 63.8 Å². The number of carboxylic acids is 2. The molecule has 178 valence electrons. The van der Waals surface area contributed by atoms with Crippen LogP contribution in [-0.4, -0.2) is 34.7 Å². The molecule has 2 atom stereocenters. The van der Waals surface area contributed by atoms with E-state index in [-0.39, 0.29) is 0 Å². The summed E-state index contributed by atoms with van der Waals surface area (Å²) >= 11 is 0. The standard InChI is InChI=1S/C24H33N.C4H4O4/c1-20(17-18-21-11-5-2-6-12-21)25-19-24(22-13-7-3-8-14-22)23-15-9-4-10-16-23;5-3(6)1-2-4(7)8/h2-3,5-8,11-14,20,23-25H,4,9-10,15-19H2,1H3;1-2H,(H,5,6)(H,7,8)/b;2-1-. The second kappa shape index (κ2) is 15.0. The van der Waals surface area contributed by atoms with Crippen molar-refractivity contribution in [3.63, 3.8) is 0 Å². The summed E-state index contributed by atoms with van der Waals surface area (Å²) in [6.07, 6.45) is 10.5. The lowest BCUT2D eigenvalue weighted by Gasteiger charge is -2.32. The molecule has 0 heterocycles. The van der Waals surface area contributed by atoms with Gasteiger partial charge in [0.15, 0.2) is 0 Å². The molecule has 0 aliphatic heterocycles. The molecule has 1 aliphatic carbocycles. The molecule has 3 rings (SSSR count). The Bertz CT molecular complexity index is 829. The topological polar surface area (TPSA) is 86.6 Å². The van der Waals surface area contributed by atoms with Crippen LogP contribution in [0.3, 0.4) is 0 Å². The zero-order chi connectivity index (χ0) is 23.9. The van der Waals surface area contributed by atoms with Gasteiger partial charge in [-0.1, -0.05) is 79.9 Å². The fourth-order valence-electron chi connectivity index (χ4n) is 4.39. The molecule has 5 nitrogen and oxygen atoms in total. The van der Waals surface area contributed by atoms with Gasteiger partial charge in [-0.15, -0.1) is 0 Å². The number of carboxylic acid groups (broad SMARTS) is 2. The fraction of sp³-hybridized carbons (Fsp3) is 0.429. The van der Waals surface area contributed by atoms with Crippen LogP contribution in [0.2, 0.25) is 0 Å². The van der Waals surface area contributed by atoms with Gasteiger partial charge in [0.1, 0.15) is 0 Å². The molecule has 2 unspecified atom stereocenters. The summed E-state index contributed by atoms with van der Waals surface area (Å²) in [5, 5.41) is 19.5. The first-order valence-electron chi connectivity index (χ1n) is 11.9. The van der Waals surface area contributed by atoms with Crippen LogP contribution < -0.4 is 5.32 Å². The van der Waals surface area contributed by atoms with Crippen molar-refractivity contribution in [1.29, 1.82) is 0 Å². The molecular formula is C28H37NO4. The lowest BCUT2D eigenvalue weighted by Crippen LogP contribution is -2.34. The van der Waals surface area contributed by atoms with Crippen LogP contribution in [0.1, 0.15) is 62.5 Å². The van der Waals surface area contributed by atoms with E-state index in [1.165, 1.54) is 49.7 Å². The highest BCUT2D eigenvalue weighted by molar-refractivity contribution is 5.89. The average molecular weight is 452 g/mol. The highest BCUT2D eigenvalue weighted by Gasteiger charge is 2.25. The number of nitrogens with one attached hydrogen (secondary N) is 1.